The molecule has 0 radical (unpaired) electrons. The first-order valence-corrected chi connectivity index (χ1v) is 9.55. The van der Waals surface area contributed by atoms with Crippen LogP contribution in [0.5, 0.6) is 0 Å². The van der Waals surface area contributed by atoms with Gasteiger partial charge in [-0.05, 0) is 65.4 Å². The van der Waals surface area contributed by atoms with Gasteiger partial charge in [0.25, 0.3) is 0 Å². The van der Waals surface area contributed by atoms with E-state index in [2.05, 4.69) is 11.8 Å². The maximum atomic E-state index is 14.3. The Morgan fingerprint density at radius 1 is 0.645 bits per heavy atom. The van der Waals surface area contributed by atoms with Crippen molar-refractivity contribution in [2.45, 2.75) is 13.3 Å². The van der Waals surface area contributed by atoms with E-state index in [1.54, 1.807) is 24.3 Å². The maximum Gasteiger partial charge on any atom is 0.195 e. The minimum absolute atomic E-state index is 0.0352. The summed E-state index contributed by atoms with van der Waals surface area (Å²) in [6.07, 6.45) is 0.533. The summed E-state index contributed by atoms with van der Waals surface area (Å²) in [5, 5.41) is 0.159. The molecule has 0 amide bonds. The van der Waals surface area contributed by atoms with Crippen molar-refractivity contribution < 1.29 is 22.0 Å². The van der Waals surface area contributed by atoms with Gasteiger partial charge in [0.2, 0.25) is 0 Å². The molecule has 4 aromatic rings. The van der Waals surface area contributed by atoms with Gasteiger partial charge < -0.3 is 0 Å². The predicted octanol–water partition coefficient (Wildman–Crippen LogP) is 7.16. The molecule has 0 atom stereocenters. The molecule has 0 saturated heterocycles. The summed E-state index contributed by atoms with van der Waals surface area (Å²) in [6.45, 7) is 1.82. The van der Waals surface area contributed by atoms with Crippen molar-refractivity contribution >= 4 is 10.8 Å². The fourth-order valence-corrected chi connectivity index (χ4v) is 3.35. The van der Waals surface area contributed by atoms with Gasteiger partial charge in [-0.2, -0.15) is 0 Å². The number of hydrogen-bond acceptors (Lipinski definition) is 0. The van der Waals surface area contributed by atoms with Crippen LogP contribution in [-0.4, -0.2) is 0 Å². The van der Waals surface area contributed by atoms with E-state index < -0.39 is 29.1 Å². The Morgan fingerprint density at radius 3 is 1.90 bits per heavy atom. The van der Waals surface area contributed by atoms with Gasteiger partial charge in [-0.3, -0.25) is 0 Å². The lowest BCUT2D eigenvalue weighted by atomic mass is 10.00. The topological polar surface area (TPSA) is 0 Å². The highest BCUT2D eigenvalue weighted by atomic mass is 19.2. The van der Waals surface area contributed by atoms with Crippen molar-refractivity contribution in [1.82, 2.24) is 0 Å². The largest absolute Gasteiger partial charge is 0.206 e. The molecule has 0 unspecified atom stereocenters. The minimum Gasteiger partial charge on any atom is -0.206 e. The zero-order valence-corrected chi connectivity index (χ0v) is 16.4. The van der Waals surface area contributed by atoms with E-state index in [4.69, 9.17) is 0 Å². The van der Waals surface area contributed by atoms with Crippen molar-refractivity contribution in [1.29, 1.82) is 0 Å². The molecular weight excluding hydrogens is 407 g/mol. The number of rotatable bonds is 2. The maximum absolute atomic E-state index is 14.3. The Labute approximate surface area is 176 Å². The zero-order chi connectivity index (χ0) is 22.1. The highest BCUT2D eigenvalue weighted by Gasteiger charge is 2.14. The average Bonchev–Trinajstić information content (AvgIpc) is 2.76. The first-order chi connectivity index (χ1) is 14.9. The fraction of sp³-hybridized carbons (Fsp3) is 0.0769. The van der Waals surface area contributed by atoms with Gasteiger partial charge in [-0.1, -0.05) is 37.0 Å². The molecule has 0 nitrogen and oxygen atoms in total. The zero-order valence-electron chi connectivity index (χ0n) is 16.4. The Bertz CT molecular complexity index is 1340. The molecule has 0 aliphatic carbocycles. The molecule has 5 heteroatoms. The van der Waals surface area contributed by atoms with E-state index in [-0.39, 0.29) is 16.3 Å². The van der Waals surface area contributed by atoms with Crippen LogP contribution in [0.1, 0.15) is 23.6 Å². The molecule has 4 rings (SSSR count). The second kappa shape index (κ2) is 8.23. The lowest BCUT2D eigenvalue weighted by Gasteiger charge is -2.07. The van der Waals surface area contributed by atoms with Crippen LogP contribution >= 0.6 is 0 Å². The van der Waals surface area contributed by atoms with Crippen LogP contribution in [0.25, 0.3) is 21.9 Å². The second-order valence-corrected chi connectivity index (χ2v) is 7.04. The summed E-state index contributed by atoms with van der Waals surface area (Å²) < 4.78 is 69.3. The van der Waals surface area contributed by atoms with Gasteiger partial charge in [0, 0.05) is 16.5 Å². The third-order valence-corrected chi connectivity index (χ3v) is 5.01. The summed E-state index contributed by atoms with van der Waals surface area (Å²) in [7, 11) is 0. The van der Waals surface area contributed by atoms with E-state index in [0.29, 0.717) is 28.7 Å². The highest BCUT2D eigenvalue weighted by Crippen LogP contribution is 2.28. The van der Waals surface area contributed by atoms with Gasteiger partial charge in [0.1, 0.15) is 11.6 Å². The first-order valence-electron chi connectivity index (χ1n) is 9.55. The van der Waals surface area contributed by atoms with E-state index in [1.165, 1.54) is 30.3 Å². The fourth-order valence-electron chi connectivity index (χ4n) is 3.35. The summed E-state index contributed by atoms with van der Waals surface area (Å²) in [5.74, 6) is 0.499. The number of halogens is 5. The van der Waals surface area contributed by atoms with E-state index in [1.807, 2.05) is 6.92 Å². The minimum atomic E-state index is -1.51. The number of hydrogen-bond donors (Lipinski definition) is 0. The van der Waals surface area contributed by atoms with Gasteiger partial charge in [0.15, 0.2) is 17.5 Å². The van der Waals surface area contributed by atoms with Gasteiger partial charge in [0.05, 0.1) is 5.56 Å². The van der Waals surface area contributed by atoms with Crippen molar-refractivity contribution in [3.63, 3.8) is 0 Å². The van der Waals surface area contributed by atoms with Crippen molar-refractivity contribution in [3.8, 4) is 23.0 Å². The summed E-state index contributed by atoms with van der Waals surface area (Å²) >= 11 is 0. The van der Waals surface area contributed by atoms with Crippen LogP contribution in [0.4, 0.5) is 22.0 Å². The third-order valence-electron chi connectivity index (χ3n) is 5.01. The van der Waals surface area contributed by atoms with Gasteiger partial charge in [-0.25, -0.2) is 22.0 Å². The Balaban J connectivity index is 1.63. The summed E-state index contributed by atoms with van der Waals surface area (Å²) in [6, 6.07) is 14.3. The van der Waals surface area contributed by atoms with E-state index in [0.717, 1.165) is 6.07 Å². The third kappa shape index (κ3) is 4.02. The monoisotopic (exact) mass is 422 g/mol. The molecule has 31 heavy (non-hydrogen) atoms. The average molecular weight is 422 g/mol. The Hall–Kier alpha value is -3.65. The molecule has 0 heterocycles. The molecule has 4 aromatic carbocycles. The molecule has 0 aliphatic rings. The van der Waals surface area contributed by atoms with Crippen molar-refractivity contribution in [3.05, 3.63) is 106 Å². The van der Waals surface area contributed by atoms with Crippen LogP contribution in [0.15, 0.2) is 60.7 Å². The standard InChI is InChI=1S/C26H15F5/c1-2-15-12-21(27)24(22(28)13-15)18-8-5-16(6-9-18)3-4-17-7-10-20-19(11-17)14-23(29)26(31)25(20)30/h5-14H,2H2,1H3. The molecule has 0 bridgehead atoms. The molecule has 0 saturated carbocycles. The number of benzene rings is 4. The molecule has 0 N–H and O–H groups in total. The van der Waals surface area contributed by atoms with Crippen LogP contribution in [0.2, 0.25) is 0 Å². The van der Waals surface area contributed by atoms with Gasteiger partial charge >= 0.3 is 0 Å². The molecule has 0 aromatic heterocycles. The smallest absolute Gasteiger partial charge is 0.195 e. The van der Waals surface area contributed by atoms with E-state index >= 15 is 0 Å². The normalized spacial score (nSPS) is 10.8. The lowest BCUT2D eigenvalue weighted by molar-refractivity contribution is 0.453. The molecule has 0 fully saturated rings. The molecule has 0 aliphatic heterocycles. The Kier molecular flexibility index (Phi) is 5.48. The van der Waals surface area contributed by atoms with Crippen LogP contribution < -0.4 is 0 Å². The second-order valence-electron chi connectivity index (χ2n) is 7.04. The number of fused-ring (bicyclic) bond motifs is 1. The van der Waals surface area contributed by atoms with E-state index in [9.17, 15) is 22.0 Å². The molecule has 154 valence electrons. The quantitative estimate of drug-likeness (QED) is 0.183. The first kappa shape index (κ1) is 20.6. The van der Waals surface area contributed by atoms with Crippen LogP contribution in [0, 0.1) is 40.9 Å². The van der Waals surface area contributed by atoms with Crippen LogP contribution in [0.3, 0.4) is 0 Å². The molecular formula is C26H15F5. The van der Waals surface area contributed by atoms with Crippen molar-refractivity contribution in [2.75, 3.05) is 0 Å². The predicted molar refractivity (Wildman–Crippen MR) is 111 cm³/mol. The lowest BCUT2D eigenvalue weighted by Crippen LogP contribution is -1.94. The van der Waals surface area contributed by atoms with Crippen LogP contribution in [-0.2, 0) is 6.42 Å². The Morgan fingerprint density at radius 2 is 1.26 bits per heavy atom. The summed E-state index contributed by atoms with van der Waals surface area (Å²) in [5.41, 5.74) is 1.95. The van der Waals surface area contributed by atoms with Crippen molar-refractivity contribution in [2.24, 2.45) is 0 Å². The summed E-state index contributed by atoms with van der Waals surface area (Å²) in [4.78, 5) is 0. The SMILES string of the molecule is CCc1cc(F)c(-c2ccc(C#Cc3ccc4c(F)c(F)c(F)cc4c3)cc2)c(F)c1. The highest BCUT2D eigenvalue weighted by molar-refractivity contribution is 5.84. The van der Waals surface area contributed by atoms with Gasteiger partial charge in [-0.15, -0.1) is 0 Å². The molecule has 0 spiro atoms. The number of aryl methyl sites for hydroxylation is 1.